The minimum absolute atomic E-state index is 0.445. The van der Waals surface area contributed by atoms with Crippen LogP contribution in [0, 0.1) is 21.7 Å². The molecule has 0 aliphatic carbocycles. The normalized spacial score (nSPS) is 11.8. The number of carbonyl (C=O) groups is 2. The molecule has 0 bridgehead atoms. The van der Waals surface area contributed by atoms with Gasteiger partial charge in [0.25, 0.3) is 5.91 Å². The summed E-state index contributed by atoms with van der Waals surface area (Å²) in [6.45, 7) is -0.445. The number of nitro groups is 1. The van der Waals surface area contributed by atoms with Gasteiger partial charge in [0.2, 0.25) is 5.82 Å². The Kier molecular flexibility index (Phi) is 5.24. The third-order valence-corrected chi connectivity index (χ3v) is 2.43. The van der Waals surface area contributed by atoms with Gasteiger partial charge < -0.3 is 15.2 Å². The minimum atomic E-state index is -1.68. The van der Waals surface area contributed by atoms with Crippen molar-refractivity contribution in [2.45, 2.75) is 6.04 Å². The van der Waals surface area contributed by atoms with Gasteiger partial charge in [-0.05, 0) is 6.07 Å². The number of carboxylic acid groups (broad SMARTS) is 1. The third-order valence-electron chi connectivity index (χ3n) is 2.43. The second-order valence-electron chi connectivity index (χ2n) is 3.83. The molecule has 1 atom stereocenters. The van der Waals surface area contributed by atoms with E-state index in [-0.39, 0.29) is 0 Å². The van der Waals surface area contributed by atoms with Crippen LogP contribution >= 0.6 is 0 Å². The number of nitro benzene ring substituents is 1. The molecule has 0 fully saturated rings. The van der Waals surface area contributed by atoms with Crippen LogP contribution in [0.5, 0.6) is 0 Å². The Morgan fingerprint density at radius 3 is 2.57 bits per heavy atom. The zero-order valence-electron chi connectivity index (χ0n) is 10.6. The molecule has 1 rings (SSSR count). The first-order chi connectivity index (χ1) is 9.79. The SMILES string of the molecule is COCC(NC(=O)c1c(F)ccc([N+](=O)[O-])c1F)C(=O)O. The fourth-order valence-electron chi connectivity index (χ4n) is 1.46. The number of hydrogen-bond acceptors (Lipinski definition) is 5. The molecular weight excluding hydrogens is 294 g/mol. The van der Waals surface area contributed by atoms with Gasteiger partial charge in [-0.2, -0.15) is 4.39 Å². The zero-order chi connectivity index (χ0) is 16.2. The number of ether oxygens (including phenoxy) is 1. The summed E-state index contributed by atoms with van der Waals surface area (Å²) >= 11 is 0. The van der Waals surface area contributed by atoms with E-state index in [1.54, 1.807) is 0 Å². The molecule has 10 heteroatoms. The standard InChI is InChI=1S/C11H10F2N2O6/c1-21-4-6(11(17)18)14-10(16)8-5(12)2-3-7(9(8)13)15(19)20/h2-3,6H,4H2,1H3,(H,14,16)(H,17,18). The maximum absolute atomic E-state index is 13.8. The molecular formula is C11H10F2N2O6. The molecule has 1 aromatic carbocycles. The van der Waals surface area contributed by atoms with E-state index in [0.717, 1.165) is 7.11 Å². The molecule has 1 unspecified atom stereocenters. The molecule has 0 aromatic heterocycles. The van der Waals surface area contributed by atoms with E-state index in [1.165, 1.54) is 0 Å². The topological polar surface area (TPSA) is 119 Å². The lowest BCUT2D eigenvalue weighted by atomic mass is 10.1. The Hall–Kier alpha value is -2.62. The number of nitrogens with one attached hydrogen (secondary N) is 1. The van der Waals surface area contributed by atoms with Crippen molar-refractivity contribution in [3.05, 3.63) is 39.4 Å². The van der Waals surface area contributed by atoms with Crippen LogP contribution in [0.2, 0.25) is 0 Å². The van der Waals surface area contributed by atoms with E-state index in [1.807, 2.05) is 5.32 Å². The summed E-state index contributed by atoms with van der Waals surface area (Å²) in [6, 6.07) is -0.450. The zero-order valence-corrected chi connectivity index (χ0v) is 10.6. The molecule has 21 heavy (non-hydrogen) atoms. The van der Waals surface area contributed by atoms with Gasteiger partial charge in [-0.3, -0.25) is 14.9 Å². The van der Waals surface area contributed by atoms with Crippen molar-refractivity contribution >= 4 is 17.6 Å². The van der Waals surface area contributed by atoms with Crippen molar-refractivity contribution in [2.24, 2.45) is 0 Å². The number of aliphatic carboxylic acids is 1. The number of rotatable bonds is 6. The molecule has 1 aromatic rings. The highest BCUT2D eigenvalue weighted by Gasteiger charge is 2.29. The molecule has 114 valence electrons. The smallest absolute Gasteiger partial charge is 0.328 e. The number of carbonyl (C=O) groups excluding carboxylic acids is 1. The predicted octanol–water partition coefficient (Wildman–Crippen LogP) is 0.702. The lowest BCUT2D eigenvalue weighted by molar-refractivity contribution is -0.387. The average Bonchev–Trinajstić information content (AvgIpc) is 2.37. The van der Waals surface area contributed by atoms with Gasteiger partial charge in [-0.1, -0.05) is 0 Å². The van der Waals surface area contributed by atoms with Crippen molar-refractivity contribution in [1.82, 2.24) is 5.32 Å². The van der Waals surface area contributed by atoms with Gasteiger partial charge >= 0.3 is 11.7 Å². The predicted molar refractivity (Wildman–Crippen MR) is 63.8 cm³/mol. The Balaban J connectivity index is 3.15. The van der Waals surface area contributed by atoms with E-state index < -0.39 is 52.3 Å². The van der Waals surface area contributed by atoms with Crippen LogP contribution in [-0.2, 0) is 9.53 Å². The van der Waals surface area contributed by atoms with E-state index in [0.29, 0.717) is 12.1 Å². The second-order valence-corrected chi connectivity index (χ2v) is 3.83. The molecule has 1 amide bonds. The Morgan fingerprint density at radius 1 is 1.48 bits per heavy atom. The van der Waals surface area contributed by atoms with Crippen LogP contribution in [0.1, 0.15) is 10.4 Å². The number of amides is 1. The summed E-state index contributed by atoms with van der Waals surface area (Å²) in [4.78, 5) is 31.9. The Labute approximate surface area is 116 Å². The lowest BCUT2D eigenvalue weighted by Crippen LogP contribution is -2.44. The molecule has 8 nitrogen and oxygen atoms in total. The third kappa shape index (κ3) is 3.69. The number of benzene rings is 1. The summed E-state index contributed by atoms with van der Waals surface area (Å²) < 4.78 is 31.8. The van der Waals surface area contributed by atoms with Gasteiger partial charge in [-0.25, -0.2) is 9.18 Å². The molecule has 0 radical (unpaired) electrons. The second kappa shape index (κ2) is 6.70. The van der Waals surface area contributed by atoms with Gasteiger partial charge in [0.15, 0.2) is 6.04 Å². The van der Waals surface area contributed by atoms with Crippen molar-refractivity contribution in [2.75, 3.05) is 13.7 Å². The van der Waals surface area contributed by atoms with Crippen LogP contribution in [-0.4, -0.2) is 41.7 Å². The van der Waals surface area contributed by atoms with E-state index in [9.17, 15) is 28.5 Å². The quantitative estimate of drug-likeness (QED) is 0.590. The maximum Gasteiger partial charge on any atom is 0.328 e. The number of methoxy groups -OCH3 is 1. The van der Waals surface area contributed by atoms with Crippen LogP contribution in [0.4, 0.5) is 14.5 Å². The highest BCUT2D eigenvalue weighted by atomic mass is 19.1. The molecule has 2 N–H and O–H groups in total. The number of halogens is 2. The largest absolute Gasteiger partial charge is 0.480 e. The average molecular weight is 304 g/mol. The Morgan fingerprint density at radius 2 is 2.10 bits per heavy atom. The maximum atomic E-state index is 13.8. The van der Waals surface area contributed by atoms with Crippen molar-refractivity contribution in [1.29, 1.82) is 0 Å². The Bertz CT molecular complexity index is 592. The van der Waals surface area contributed by atoms with Gasteiger partial charge in [0, 0.05) is 13.2 Å². The van der Waals surface area contributed by atoms with E-state index >= 15 is 0 Å². The summed E-state index contributed by atoms with van der Waals surface area (Å²) in [5, 5.41) is 21.1. The van der Waals surface area contributed by atoms with E-state index in [2.05, 4.69) is 4.74 Å². The first kappa shape index (κ1) is 16.4. The summed E-state index contributed by atoms with van der Waals surface area (Å²) in [5.41, 5.74) is -2.33. The number of nitrogens with zero attached hydrogens (tertiary/aromatic N) is 1. The monoisotopic (exact) mass is 304 g/mol. The van der Waals surface area contributed by atoms with Crippen LogP contribution in [0.25, 0.3) is 0 Å². The number of carboxylic acids is 1. The molecule has 0 aliphatic rings. The van der Waals surface area contributed by atoms with Crippen molar-refractivity contribution < 1.29 is 33.1 Å². The summed E-state index contributed by atoms with van der Waals surface area (Å²) in [5.74, 6) is -5.95. The fraction of sp³-hybridized carbons (Fsp3) is 0.273. The fourth-order valence-corrected chi connectivity index (χ4v) is 1.46. The molecule has 0 spiro atoms. The van der Waals surface area contributed by atoms with Gasteiger partial charge in [0.1, 0.15) is 11.4 Å². The van der Waals surface area contributed by atoms with Gasteiger partial charge in [0.05, 0.1) is 11.5 Å². The highest BCUT2D eigenvalue weighted by Crippen LogP contribution is 2.23. The minimum Gasteiger partial charge on any atom is -0.480 e. The first-order valence-electron chi connectivity index (χ1n) is 5.44. The lowest BCUT2D eigenvalue weighted by Gasteiger charge is -2.14. The summed E-state index contributed by atoms with van der Waals surface area (Å²) in [6.07, 6.45) is 0. The highest BCUT2D eigenvalue weighted by molar-refractivity contribution is 5.97. The summed E-state index contributed by atoms with van der Waals surface area (Å²) in [7, 11) is 1.16. The molecule has 0 saturated heterocycles. The first-order valence-corrected chi connectivity index (χ1v) is 5.44. The van der Waals surface area contributed by atoms with Crippen molar-refractivity contribution in [3.63, 3.8) is 0 Å². The van der Waals surface area contributed by atoms with E-state index in [4.69, 9.17) is 5.11 Å². The van der Waals surface area contributed by atoms with Crippen LogP contribution in [0.15, 0.2) is 12.1 Å². The number of hydrogen-bond donors (Lipinski definition) is 2. The van der Waals surface area contributed by atoms with Crippen LogP contribution < -0.4 is 5.32 Å². The van der Waals surface area contributed by atoms with Gasteiger partial charge in [-0.15, -0.1) is 0 Å². The molecule has 0 saturated carbocycles. The molecule has 0 aliphatic heterocycles. The molecule has 0 heterocycles. The van der Waals surface area contributed by atoms with Crippen LogP contribution in [0.3, 0.4) is 0 Å². The van der Waals surface area contributed by atoms with Crippen molar-refractivity contribution in [3.8, 4) is 0 Å².